The van der Waals surface area contributed by atoms with Crippen LogP contribution in [0.3, 0.4) is 0 Å². The van der Waals surface area contributed by atoms with E-state index in [4.69, 9.17) is 0 Å². The third kappa shape index (κ3) is 5.95. The Labute approximate surface area is 109 Å². The second-order valence-corrected chi connectivity index (χ2v) is 7.08. The highest BCUT2D eigenvalue weighted by Crippen LogP contribution is 2.21. The van der Waals surface area contributed by atoms with Gasteiger partial charge in [0.2, 0.25) is 10.0 Å². The minimum atomic E-state index is -3.04. The molecule has 0 aromatic carbocycles. The molecule has 4 nitrogen and oxygen atoms in total. The van der Waals surface area contributed by atoms with Crippen LogP contribution in [0.25, 0.3) is 0 Å². The van der Waals surface area contributed by atoms with E-state index in [9.17, 15) is 8.42 Å². The van der Waals surface area contributed by atoms with Gasteiger partial charge in [0.25, 0.3) is 0 Å². The SMILES string of the molecule is CS(=O)(=O)NCCCNCc1sccc1Br. The lowest BCUT2D eigenvalue weighted by Crippen LogP contribution is -2.26. The lowest BCUT2D eigenvalue weighted by Gasteiger charge is -2.04. The van der Waals surface area contributed by atoms with Crippen LogP contribution in [0.1, 0.15) is 11.3 Å². The highest BCUT2D eigenvalue weighted by atomic mass is 79.9. The van der Waals surface area contributed by atoms with E-state index in [1.807, 2.05) is 11.4 Å². The summed E-state index contributed by atoms with van der Waals surface area (Å²) in [4.78, 5) is 1.26. The van der Waals surface area contributed by atoms with Crippen molar-refractivity contribution in [3.05, 3.63) is 20.8 Å². The Balaban J connectivity index is 2.07. The minimum Gasteiger partial charge on any atom is -0.312 e. The average molecular weight is 327 g/mol. The van der Waals surface area contributed by atoms with E-state index in [0.717, 1.165) is 24.0 Å². The van der Waals surface area contributed by atoms with E-state index < -0.39 is 10.0 Å². The quantitative estimate of drug-likeness (QED) is 0.747. The van der Waals surface area contributed by atoms with Crippen molar-refractivity contribution in [2.45, 2.75) is 13.0 Å². The summed E-state index contributed by atoms with van der Waals surface area (Å²) in [6, 6.07) is 2.02. The number of hydrogen-bond donors (Lipinski definition) is 2. The second-order valence-electron chi connectivity index (χ2n) is 3.39. The van der Waals surface area contributed by atoms with Crippen LogP contribution in [0, 0.1) is 0 Å². The summed E-state index contributed by atoms with van der Waals surface area (Å²) >= 11 is 5.15. The minimum absolute atomic E-state index is 0.484. The fourth-order valence-corrected chi connectivity index (χ4v) is 3.10. The maximum absolute atomic E-state index is 10.8. The Morgan fingerprint density at radius 2 is 2.19 bits per heavy atom. The molecule has 0 unspecified atom stereocenters. The normalized spacial score (nSPS) is 11.9. The molecule has 7 heteroatoms. The first kappa shape index (κ1) is 14.1. The third-order valence-electron chi connectivity index (χ3n) is 1.87. The van der Waals surface area contributed by atoms with E-state index in [1.165, 1.54) is 11.1 Å². The molecule has 0 spiro atoms. The molecule has 92 valence electrons. The second kappa shape index (κ2) is 6.70. The zero-order chi connectivity index (χ0) is 12.0. The first-order valence-electron chi connectivity index (χ1n) is 4.86. The van der Waals surface area contributed by atoms with Crippen LogP contribution in [-0.4, -0.2) is 27.8 Å². The Morgan fingerprint density at radius 1 is 1.44 bits per heavy atom. The molecule has 0 saturated carbocycles. The Bertz CT molecular complexity index is 417. The van der Waals surface area contributed by atoms with Crippen molar-refractivity contribution < 1.29 is 8.42 Å². The number of nitrogens with one attached hydrogen (secondary N) is 2. The van der Waals surface area contributed by atoms with Crippen molar-refractivity contribution in [2.24, 2.45) is 0 Å². The standard InChI is InChI=1S/C9H15BrN2O2S2/c1-16(13,14)12-5-2-4-11-7-9-8(10)3-6-15-9/h3,6,11-12H,2,4-5,7H2,1H3. The maximum Gasteiger partial charge on any atom is 0.208 e. The molecule has 2 N–H and O–H groups in total. The molecular formula is C9H15BrN2O2S2. The molecule has 16 heavy (non-hydrogen) atoms. The van der Waals surface area contributed by atoms with Crippen LogP contribution in [0.15, 0.2) is 15.9 Å². The van der Waals surface area contributed by atoms with E-state index in [2.05, 4.69) is 26.0 Å². The molecule has 0 atom stereocenters. The molecule has 1 rings (SSSR count). The van der Waals surface area contributed by atoms with Gasteiger partial charge in [-0.25, -0.2) is 13.1 Å². The van der Waals surface area contributed by atoms with Crippen molar-refractivity contribution in [2.75, 3.05) is 19.3 Å². The molecule has 0 aliphatic heterocycles. The fourth-order valence-electron chi connectivity index (χ4n) is 1.12. The topological polar surface area (TPSA) is 58.2 Å². The summed E-state index contributed by atoms with van der Waals surface area (Å²) in [6.07, 6.45) is 1.96. The highest BCUT2D eigenvalue weighted by molar-refractivity contribution is 9.10. The fraction of sp³-hybridized carbons (Fsp3) is 0.556. The van der Waals surface area contributed by atoms with Crippen LogP contribution < -0.4 is 10.0 Å². The molecule has 0 amide bonds. The zero-order valence-corrected chi connectivity index (χ0v) is 12.2. The highest BCUT2D eigenvalue weighted by Gasteiger charge is 2.01. The van der Waals surface area contributed by atoms with Crippen molar-refractivity contribution >= 4 is 37.3 Å². The number of halogens is 1. The van der Waals surface area contributed by atoms with E-state index in [1.54, 1.807) is 11.3 Å². The lowest BCUT2D eigenvalue weighted by atomic mass is 10.4. The van der Waals surface area contributed by atoms with Crippen LogP contribution in [0.2, 0.25) is 0 Å². The maximum atomic E-state index is 10.8. The number of sulfonamides is 1. The summed E-state index contributed by atoms with van der Waals surface area (Å²) in [5.41, 5.74) is 0. The van der Waals surface area contributed by atoms with E-state index >= 15 is 0 Å². The number of thiophene rings is 1. The van der Waals surface area contributed by atoms with Gasteiger partial charge in [0.05, 0.1) is 6.26 Å². The molecule has 0 bridgehead atoms. The Kier molecular flexibility index (Phi) is 5.91. The molecule has 0 radical (unpaired) electrons. The molecule has 1 aromatic rings. The van der Waals surface area contributed by atoms with Crippen LogP contribution in [0.4, 0.5) is 0 Å². The predicted molar refractivity (Wildman–Crippen MR) is 71.2 cm³/mol. The van der Waals surface area contributed by atoms with Gasteiger partial charge in [-0.1, -0.05) is 0 Å². The van der Waals surface area contributed by atoms with Gasteiger partial charge in [0.15, 0.2) is 0 Å². The number of hydrogen-bond acceptors (Lipinski definition) is 4. The van der Waals surface area contributed by atoms with Gasteiger partial charge in [0.1, 0.15) is 0 Å². The average Bonchev–Trinajstić information content (AvgIpc) is 2.56. The van der Waals surface area contributed by atoms with Crippen LogP contribution >= 0.6 is 27.3 Å². The zero-order valence-electron chi connectivity index (χ0n) is 8.99. The van der Waals surface area contributed by atoms with Gasteiger partial charge in [-0.3, -0.25) is 0 Å². The largest absolute Gasteiger partial charge is 0.312 e. The van der Waals surface area contributed by atoms with Crippen molar-refractivity contribution in [1.29, 1.82) is 0 Å². The molecule has 0 aliphatic carbocycles. The molecule has 0 fully saturated rings. The van der Waals surface area contributed by atoms with Crippen LogP contribution in [-0.2, 0) is 16.6 Å². The number of rotatable bonds is 7. The Hall–Kier alpha value is 0.0500. The van der Waals surface area contributed by atoms with Crippen LogP contribution in [0.5, 0.6) is 0 Å². The van der Waals surface area contributed by atoms with Gasteiger partial charge in [-0.05, 0) is 40.3 Å². The monoisotopic (exact) mass is 326 g/mol. The van der Waals surface area contributed by atoms with E-state index in [0.29, 0.717) is 6.54 Å². The first-order chi connectivity index (χ1) is 7.49. The van der Waals surface area contributed by atoms with Gasteiger partial charge in [-0.15, -0.1) is 11.3 Å². The summed E-state index contributed by atoms with van der Waals surface area (Å²) in [6.45, 7) is 2.10. The first-order valence-corrected chi connectivity index (χ1v) is 8.42. The van der Waals surface area contributed by atoms with Crippen molar-refractivity contribution in [1.82, 2.24) is 10.0 Å². The summed E-state index contributed by atoms with van der Waals surface area (Å²) in [7, 11) is -3.04. The molecule has 1 aromatic heterocycles. The van der Waals surface area contributed by atoms with Gasteiger partial charge in [-0.2, -0.15) is 0 Å². The predicted octanol–water partition coefficient (Wildman–Crippen LogP) is 1.54. The van der Waals surface area contributed by atoms with Gasteiger partial charge < -0.3 is 5.32 Å². The van der Waals surface area contributed by atoms with E-state index in [-0.39, 0.29) is 0 Å². The smallest absolute Gasteiger partial charge is 0.208 e. The molecule has 1 heterocycles. The summed E-state index contributed by atoms with van der Waals surface area (Å²) in [5, 5.41) is 5.29. The lowest BCUT2D eigenvalue weighted by molar-refractivity contribution is 0.579. The van der Waals surface area contributed by atoms with Gasteiger partial charge in [0, 0.05) is 22.4 Å². The van der Waals surface area contributed by atoms with Crippen molar-refractivity contribution in [3.8, 4) is 0 Å². The molecule has 0 saturated heterocycles. The summed E-state index contributed by atoms with van der Waals surface area (Å²) < 4.78 is 25.1. The Morgan fingerprint density at radius 3 is 2.75 bits per heavy atom. The molecular weight excluding hydrogens is 312 g/mol. The molecule has 0 aliphatic rings. The van der Waals surface area contributed by atoms with Crippen molar-refractivity contribution in [3.63, 3.8) is 0 Å². The summed E-state index contributed by atoms with van der Waals surface area (Å²) in [5.74, 6) is 0. The third-order valence-corrected chi connectivity index (χ3v) is 4.53. The van der Waals surface area contributed by atoms with Gasteiger partial charge >= 0.3 is 0 Å².